The highest BCUT2D eigenvalue weighted by Gasteiger charge is 2.08. The fourth-order valence-electron chi connectivity index (χ4n) is 1.80. The van der Waals surface area contributed by atoms with Crippen LogP contribution < -0.4 is 4.74 Å². The van der Waals surface area contributed by atoms with Gasteiger partial charge in [-0.1, -0.05) is 12.1 Å². The number of carboxylic acid groups (broad SMARTS) is 1. The van der Waals surface area contributed by atoms with Crippen LogP contribution in [0.1, 0.15) is 35.0 Å². The van der Waals surface area contributed by atoms with Crippen LogP contribution in [0.15, 0.2) is 41.0 Å². The summed E-state index contributed by atoms with van der Waals surface area (Å²) in [6.07, 6.45) is 2.44. The summed E-state index contributed by atoms with van der Waals surface area (Å²) in [5, 5.41) is 8.78. The minimum Gasteiger partial charge on any atom is -0.486 e. The molecular weight excluding hydrogens is 272 g/mol. The minimum atomic E-state index is -1.03. The number of Topliss-reactive ketones (excluding diaryl/α,β-unsaturated/α-hetero) is 1. The van der Waals surface area contributed by atoms with Crippen LogP contribution in [0.3, 0.4) is 0 Å². The van der Waals surface area contributed by atoms with Crippen LogP contribution in [0.2, 0.25) is 0 Å². The number of carboxylic acids is 1. The molecule has 0 aliphatic rings. The molecule has 110 valence electrons. The van der Waals surface area contributed by atoms with E-state index in [1.165, 1.54) is 12.3 Å². The molecule has 0 radical (unpaired) electrons. The molecule has 0 amide bonds. The van der Waals surface area contributed by atoms with E-state index in [4.69, 9.17) is 14.3 Å². The van der Waals surface area contributed by atoms with Crippen LogP contribution in [0.4, 0.5) is 0 Å². The van der Waals surface area contributed by atoms with E-state index < -0.39 is 5.97 Å². The van der Waals surface area contributed by atoms with Gasteiger partial charge in [0.05, 0.1) is 5.56 Å². The topological polar surface area (TPSA) is 76.7 Å². The van der Waals surface area contributed by atoms with Crippen LogP contribution in [-0.2, 0) is 17.8 Å². The summed E-state index contributed by atoms with van der Waals surface area (Å²) in [6.45, 7) is 1.74. The number of aryl methyl sites for hydroxylation is 1. The fraction of sp³-hybridized carbons (Fsp3) is 0.250. The third kappa shape index (κ3) is 4.49. The lowest BCUT2D eigenvalue weighted by Crippen LogP contribution is -1.96. The Labute approximate surface area is 122 Å². The molecule has 5 nitrogen and oxygen atoms in total. The van der Waals surface area contributed by atoms with Gasteiger partial charge in [-0.25, -0.2) is 4.79 Å². The van der Waals surface area contributed by atoms with E-state index in [0.717, 1.165) is 12.0 Å². The molecule has 0 fully saturated rings. The van der Waals surface area contributed by atoms with Gasteiger partial charge in [0.2, 0.25) is 0 Å². The average molecular weight is 288 g/mol. The molecule has 2 aromatic rings. The van der Waals surface area contributed by atoms with Gasteiger partial charge < -0.3 is 19.1 Å². The largest absolute Gasteiger partial charge is 0.486 e. The fourth-order valence-corrected chi connectivity index (χ4v) is 1.80. The third-order valence-corrected chi connectivity index (χ3v) is 2.97. The first kappa shape index (κ1) is 14.8. The number of ether oxygens (including phenoxy) is 1. The van der Waals surface area contributed by atoms with Crippen molar-refractivity contribution in [3.05, 3.63) is 53.5 Å². The molecule has 0 saturated carbocycles. The standard InChI is InChI=1S/C16H16O5/c1-11(17)2-3-12-4-6-14(7-5-12)21-10-15-8-13(9-20-15)16(18)19/h4-9H,2-3,10H2,1H3,(H,18,19). The summed E-state index contributed by atoms with van der Waals surface area (Å²) in [5.41, 5.74) is 1.18. The predicted octanol–water partition coefficient (Wildman–Crippen LogP) is 3.08. The molecule has 5 heteroatoms. The van der Waals surface area contributed by atoms with Crippen LogP contribution in [0.5, 0.6) is 5.75 Å². The summed E-state index contributed by atoms with van der Waals surface area (Å²) in [7, 11) is 0. The van der Waals surface area contributed by atoms with Gasteiger partial charge in [0, 0.05) is 6.42 Å². The van der Waals surface area contributed by atoms with Crippen molar-refractivity contribution in [1.82, 2.24) is 0 Å². The first-order valence-electron chi connectivity index (χ1n) is 6.56. The zero-order valence-corrected chi connectivity index (χ0v) is 11.7. The summed E-state index contributed by atoms with van der Waals surface area (Å²) >= 11 is 0. The molecular formula is C16H16O5. The van der Waals surface area contributed by atoms with Crippen molar-refractivity contribution in [2.24, 2.45) is 0 Å². The molecule has 0 saturated heterocycles. The number of benzene rings is 1. The molecule has 0 bridgehead atoms. The molecule has 0 unspecified atom stereocenters. The number of hydrogen-bond donors (Lipinski definition) is 1. The molecule has 0 aliphatic heterocycles. The van der Waals surface area contributed by atoms with Crippen molar-refractivity contribution >= 4 is 11.8 Å². The minimum absolute atomic E-state index is 0.105. The summed E-state index contributed by atoms with van der Waals surface area (Å²) in [5.74, 6) is 0.255. The van der Waals surface area contributed by atoms with E-state index in [0.29, 0.717) is 17.9 Å². The highest BCUT2D eigenvalue weighted by Crippen LogP contribution is 2.16. The van der Waals surface area contributed by atoms with Gasteiger partial charge in [0.15, 0.2) is 0 Å². The lowest BCUT2D eigenvalue weighted by atomic mass is 10.1. The summed E-state index contributed by atoms with van der Waals surface area (Å²) < 4.78 is 10.6. The maximum absolute atomic E-state index is 10.9. The first-order valence-corrected chi connectivity index (χ1v) is 6.56. The quantitative estimate of drug-likeness (QED) is 0.847. The maximum Gasteiger partial charge on any atom is 0.338 e. The lowest BCUT2D eigenvalue weighted by molar-refractivity contribution is -0.116. The summed E-state index contributed by atoms with van der Waals surface area (Å²) in [4.78, 5) is 21.6. The molecule has 1 heterocycles. The number of aromatic carboxylic acids is 1. The average Bonchev–Trinajstić information content (AvgIpc) is 2.93. The Balaban J connectivity index is 1.88. The Morgan fingerprint density at radius 1 is 1.24 bits per heavy atom. The summed E-state index contributed by atoms with van der Waals surface area (Å²) in [6, 6.07) is 8.88. The molecule has 2 rings (SSSR count). The Morgan fingerprint density at radius 2 is 1.95 bits per heavy atom. The molecule has 1 aromatic heterocycles. The van der Waals surface area contributed by atoms with Crippen molar-refractivity contribution in [3.63, 3.8) is 0 Å². The van der Waals surface area contributed by atoms with E-state index in [2.05, 4.69) is 0 Å². The smallest absolute Gasteiger partial charge is 0.338 e. The number of carbonyl (C=O) groups is 2. The van der Waals surface area contributed by atoms with Gasteiger partial charge in [-0.3, -0.25) is 0 Å². The second-order valence-electron chi connectivity index (χ2n) is 4.74. The van der Waals surface area contributed by atoms with Crippen LogP contribution in [0, 0.1) is 0 Å². The third-order valence-electron chi connectivity index (χ3n) is 2.97. The van der Waals surface area contributed by atoms with Crippen molar-refractivity contribution in [2.45, 2.75) is 26.4 Å². The van der Waals surface area contributed by atoms with E-state index >= 15 is 0 Å². The predicted molar refractivity (Wildman–Crippen MR) is 75.4 cm³/mol. The highest BCUT2D eigenvalue weighted by molar-refractivity contribution is 5.87. The highest BCUT2D eigenvalue weighted by atomic mass is 16.5. The zero-order chi connectivity index (χ0) is 15.2. The number of carbonyl (C=O) groups excluding carboxylic acids is 1. The van der Waals surface area contributed by atoms with Gasteiger partial charge in [-0.2, -0.15) is 0 Å². The van der Waals surface area contributed by atoms with Crippen molar-refractivity contribution in [2.75, 3.05) is 0 Å². The monoisotopic (exact) mass is 288 g/mol. The number of rotatable bonds is 7. The lowest BCUT2D eigenvalue weighted by Gasteiger charge is -2.05. The Hall–Kier alpha value is -2.56. The van der Waals surface area contributed by atoms with Gasteiger partial charge in [0.1, 0.15) is 30.2 Å². The number of furan rings is 1. The second-order valence-corrected chi connectivity index (χ2v) is 4.74. The molecule has 0 aliphatic carbocycles. The van der Waals surface area contributed by atoms with Gasteiger partial charge in [-0.05, 0) is 37.1 Å². The van der Waals surface area contributed by atoms with E-state index in [1.807, 2.05) is 24.3 Å². The van der Waals surface area contributed by atoms with Crippen LogP contribution in [0.25, 0.3) is 0 Å². The Kier molecular flexibility index (Phi) is 4.77. The first-order chi connectivity index (χ1) is 10.0. The maximum atomic E-state index is 10.9. The SMILES string of the molecule is CC(=O)CCc1ccc(OCc2cc(C(=O)O)co2)cc1. The second kappa shape index (κ2) is 6.74. The van der Waals surface area contributed by atoms with Crippen molar-refractivity contribution in [1.29, 1.82) is 0 Å². The molecule has 0 spiro atoms. The molecule has 21 heavy (non-hydrogen) atoms. The molecule has 1 N–H and O–H groups in total. The van der Waals surface area contributed by atoms with E-state index in [9.17, 15) is 9.59 Å². The normalized spacial score (nSPS) is 10.3. The van der Waals surface area contributed by atoms with Gasteiger partial charge >= 0.3 is 5.97 Å². The Morgan fingerprint density at radius 3 is 2.52 bits per heavy atom. The molecule has 1 aromatic carbocycles. The number of ketones is 1. The van der Waals surface area contributed by atoms with Gasteiger partial charge in [-0.15, -0.1) is 0 Å². The van der Waals surface area contributed by atoms with E-state index in [-0.39, 0.29) is 18.0 Å². The van der Waals surface area contributed by atoms with E-state index in [1.54, 1.807) is 6.92 Å². The number of hydrogen-bond acceptors (Lipinski definition) is 4. The Bertz CT molecular complexity index is 624. The molecule has 0 atom stereocenters. The van der Waals surface area contributed by atoms with Crippen molar-refractivity contribution < 1.29 is 23.8 Å². The van der Waals surface area contributed by atoms with Crippen molar-refractivity contribution in [3.8, 4) is 5.75 Å². The zero-order valence-electron chi connectivity index (χ0n) is 11.7. The van der Waals surface area contributed by atoms with Gasteiger partial charge in [0.25, 0.3) is 0 Å². The van der Waals surface area contributed by atoms with Crippen LogP contribution in [-0.4, -0.2) is 16.9 Å². The van der Waals surface area contributed by atoms with Crippen LogP contribution >= 0.6 is 0 Å².